The number of nitrogen functional groups attached to an aromatic ring is 1. The van der Waals surface area contributed by atoms with Gasteiger partial charge in [0.2, 0.25) is 0 Å². The van der Waals surface area contributed by atoms with Crippen LogP contribution in [0.3, 0.4) is 0 Å². The lowest BCUT2D eigenvalue weighted by Crippen LogP contribution is -2.06. The van der Waals surface area contributed by atoms with Crippen LogP contribution in [0.5, 0.6) is 0 Å². The highest BCUT2D eigenvalue weighted by molar-refractivity contribution is 5.80. The summed E-state index contributed by atoms with van der Waals surface area (Å²) in [6, 6.07) is 9.07. The summed E-state index contributed by atoms with van der Waals surface area (Å²) in [5, 5.41) is 0. The number of aryl methyl sites for hydroxylation is 1. The van der Waals surface area contributed by atoms with Gasteiger partial charge < -0.3 is 5.73 Å². The van der Waals surface area contributed by atoms with E-state index in [1.165, 1.54) is 6.07 Å². The van der Waals surface area contributed by atoms with Gasteiger partial charge in [0.25, 0.3) is 0 Å². The minimum atomic E-state index is -4.36. The second-order valence-corrected chi connectivity index (χ2v) is 4.75. The second-order valence-electron chi connectivity index (χ2n) is 4.75. The summed E-state index contributed by atoms with van der Waals surface area (Å²) >= 11 is 0. The molecule has 0 aliphatic rings. The number of hydrogen-bond acceptors (Lipinski definition) is 1. The van der Waals surface area contributed by atoms with Crippen LogP contribution in [0.15, 0.2) is 36.4 Å². The fourth-order valence-electron chi connectivity index (χ4n) is 2.39. The van der Waals surface area contributed by atoms with E-state index in [-0.39, 0.29) is 0 Å². The molecule has 0 aliphatic heterocycles. The van der Waals surface area contributed by atoms with E-state index in [1.54, 1.807) is 0 Å². The van der Waals surface area contributed by atoms with E-state index in [2.05, 4.69) is 0 Å². The number of hydrogen-bond donors (Lipinski definition) is 1. The van der Waals surface area contributed by atoms with Crippen molar-refractivity contribution in [3.8, 4) is 11.1 Å². The molecule has 2 aromatic rings. The van der Waals surface area contributed by atoms with Gasteiger partial charge in [-0.1, -0.05) is 25.1 Å². The second kappa shape index (κ2) is 5.19. The highest BCUT2D eigenvalue weighted by Crippen LogP contribution is 2.36. The molecule has 0 bridgehead atoms. The van der Waals surface area contributed by atoms with Crippen LogP contribution in [0.4, 0.5) is 18.9 Å². The zero-order chi connectivity index (χ0) is 14.9. The van der Waals surface area contributed by atoms with Crippen LogP contribution in [0.1, 0.15) is 23.6 Å². The maximum Gasteiger partial charge on any atom is 0.416 e. The normalized spacial score (nSPS) is 11.7. The van der Waals surface area contributed by atoms with E-state index in [0.717, 1.165) is 35.2 Å². The van der Waals surface area contributed by atoms with Gasteiger partial charge in [0.05, 0.1) is 5.56 Å². The molecule has 0 heterocycles. The number of anilines is 1. The molecule has 0 saturated carbocycles. The lowest BCUT2D eigenvalue weighted by molar-refractivity contribution is -0.137. The third kappa shape index (κ3) is 2.64. The molecular weight excluding hydrogens is 263 g/mol. The van der Waals surface area contributed by atoms with Gasteiger partial charge in [-0.15, -0.1) is 0 Å². The maximum absolute atomic E-state index is 12.8. The Bertz CT molecular complexity index is 630. The summed E-state index contributed by atoms with van der Waals surface area (Å²) in [5.74, 6) is 0. The zero-order valence-electron chi connectivity index (χ0n) is 11.4. The number of rotatable bonds is 2. The fraction of sp³-hybridized carbons (Fsp3) is 0.250. The van der Waals surface area contributed by atoms with Crippen molar-refractivity contribution in [3.63, 3.8) is 0 Å². The van der Waals surface area contributed by atoms with Crippen LogP contribution >= 0.6 is 0 Å². The quantitative estimate of drug-likeness (QED) is 0.783. The van der Waals surface area contributed by atoms with E-state index >= 15 is 0 Å². The number of alkyl halides is 3. The van der Waals surface area contributed by atoms with Gasteiger partial charge in [-0.3, -0.25) is 0 Å². The van der Waals surface area contributed by atoms with E-state index in [0.29, 0.717) is 11.3 Å². The molecule has 0 unspecified atom stereocenters. The largest absolute Gasteiger partial charge is 0.416 e. The average Bonchev–Trinajstić information content (AvgIpc) is 2.37. The first-order valence-corrected chi connectivity index (χ1v) is 6.40. The Morgan fingerprint density at radius 3 is 2.35 bits per heavy atom. The Labute approximate surface area is 116 Å². The highest BCUT2D eigenvalue weighted by atomic mass is 19.4. The molecule has 20 heavy (non-hydrogen) atoms. The van der Waals surface area contributed by atoms with Crippen molar-refractivity contribution in [2.24, 2.45) is 0 Å². The van der Waals surface area contributed by atoms with E-state index in [9.17, 15) is 13.2 Å². The van der Waals surface area contributed by atoms with Gasteiger partial charge in [-0.2, -0.15) is 13.2 Å². The topological polar surface area (TPSA) is 26.0 Å². The summed E-state index contributed by atoms with van der Waals surface area (Å²) in [4.78, 5) is 0. The maximum atomic E-state index is 12.8. The lowest BCUT2D eigenvalue weighted by atomic mass is 9.92. The summed E-state index contributed by atoms with van der Waals surface area (Å²) in [7, 11) is 0. The summed E-state index contributed by atoms with van der Waals surface area (Å²) in [6.45, 7) is 3.93. The molecule has 0 radical (unpaired) electrons. The first-order valence-electron chi connectivity index (χ1n) is 6.40. The van der Waals surface area contributed by atoms with Crippen LogP contribution < -0.4 is 5.73 Å². The number of benzene rings is 2. The van der Waals surface area contributed by atoms with Crippen LogP contribution in [-0.4, -0.2) is 0 Å². The number of halogens is 3. The van der Waals surface area contributed by atoms with Crippen molar-refractivity contribution in [2.45, 2.75) is 26.4 Å². The van der Waals surface area contributed by atoms with Gasteiger partial charge in [0, 0.05) is 11.3 Å². The Morgan fingerprint density at radius 2 is 1.75 bits per heavy atom. The molecule has 0 saturated heterocycles. The van der Waals surface area contributed by atoms with E-state index < -0.39 is 11.7 Å². The van der Waals surface area contributed by atoms with Crippen molar-refractivity contribution < 1.29 is 13.2 Å². The Morgan fingerprint density at radius 1 is 1.05 bits per heavy atom. The molecule has 4 heteroatoms. The minimum absolute atomic E-state index is 0.360. The summed E-state index contributed by atoms with van der Waals surface area (Å²) in [5.41, 5.74) is 8.86. The Balaban J connectivity index is 2.67. The molecule has 0 fully saturated rings. The minimum Gasteiger partial charge on any atom is -0.398 e. The summed E-state index contributed by atoms with van der Waals surface area (Å²) < 4.78 is 38.5. The van der Waals surface area contributed by atoms with Crippen molar-refractivity contribution in [2.75, 3.05) is 5.73 Å². The molecule has 2 aromatic carbocycles. The molecule has 2 N–H and O–H groups in total. The first kappa shape index (κ1) is 14.4. The average molecular weight is 279 g/mol. The van der Waals surface area contributed by atoms with Gasteiger partial charge in [0.15, 0.2) is 0 Å². The molecular formula is C16H16F3N. The van der Waals surface area contributed by atoms with Crippen LogP contribution in [0.25, 0.3) is 11.1 Å². The third-order valence-corrected chi connectivity index (χ3v) is 3.43. The SMILES string of the molecule is CCc1c(C)cccc1-c1cc(C(F)(F)F)ccc1N. The zero-order valence-corrected chi connectivity index (χ0v) is 11.4. The first-order chi connectivity index (χ1) is 9.34. The molecule has 0 aromatic heterocycles. The van der Waals surface area contributed by atoms with Crippen LogP contribution in [0.2, 0.25) is 0 Å². The Hall–Kier alpha value is -1.97. The predicted molar refractivity (Wildman–Crippen MR) is 75.4 cm³/mol. The highest BCUT2D eigenvalue weighted by Gasteiger charge is 2.31. The predicted octanol–water partition coefficient (Wildman–Crippen LogP) is 4.83. The van der Waals surface area contributed by atoms with Crippen molar-refractivity contribution >= 4 is 5.69 Å². The monoisotopic (exact) mass is 279 g/mol. The van der Waals surface area contributed by atoms with Crippen LogP contribution in [0, 0.1) is 6.92 Å². The van der Waals surface area contributed by atoms with Crippen LogP contribution in [-0.2, 0) is 12.6 Å². The van der Waals surface area contributed by atoms with Crippen molar-refractivity contribution in [3.05, 3.63) is 53.1 Å². The molecule has 1 nitrogen and oxygen atoms in total. The van der Waals surface area contributed by atoms with Gasteiger partial charge in [-0.25, -0.2) is 0 Å². The van der Waals surface area contributed by atoms with Gasteiger partial charge in [0.1, 0.15) is 0 Å². The van der Waals surface area contributed by atoms with E-state index in [4.69, 9.17) is 5.73 Å². The van der Waals surface area contributed by atoms with Crippen molar-refractivity contribution in [1.29, 1.82) is 0 Å². The fourth-order valence-corrected chi connectivity index (χ4v) is 2.39. The smallest absolute Gasteiger partial charge is 0.398 e. The van der Waals surface area contributed by atoms with E-state index in [1.807, 2.05) is 32.0 Å². The molecule has 2 rings (SSSR count). The van der Waals surface area contributed by atoms with Crippen molar-refractivity contribution in [1.82, 2.24) is 0 Å². The van der Waals surface area contributed by atoms with Gasteiger partial charge in [-0.05, 0) is 48.2 Å². The molecule has 0 amide bonds. The standard InChI is InChI=1S/C16H16F3N/c1-3-12-10(2)5-4-6-13(12)14-9-11(16(17,18)19)7-8-15(14)20/h4-9H,3,20H2,1-2H3. The molecule has 0 atom stereocenters. The lowest BCUT2D eigenvalue weighted by Gasteiger charge is -2.15. The van der Waals surface area contributed by atoms with Gasteiger partial charge >= 0.3 is 6.18 Å². The molecule has 0 aliphatic carbocycles. The Kier molecular flexibility index (Phi) is 3.75. The molecule has 106 valence electrons. The molecule has 0 spiro atoms. The number of nitrogens with two attached hydrogens (primary N) is 1. The summed E-state index contributed by atoms with van der Waals surface area (Å²) in [6.07, 6.45) is -3.61. The third-order valence-electron chi connectivity index (χ3n) is 3.43.